The third kappa shape index (κ3) is 25.1. The van der Waals surface area contributed by atoms with E-state index in [1.807, 2.05) is 48.9 Å². The van der Waals surface area contributed by atoms with E-state index in [9.17, 15) is 67.4 Å². The number of hydrogen-bond donors (Lipinski definition) is 15. The molecule has 2 aliphatic carbocycles. The van der Waals surface area contributed by atoms with E-state index in [4.69, 9.17) is 15.9 Å². The van der Waals surface area contributed by atoms with Gasteiger partial charge in [-0.3, -0.25) is 62.9 Å². The highest BCUT2D eigenvalue weighted by Gasteiger charge is 2.51. The molecule has 1 aromatic carbocycles. The smallest absolute Gasteiger partial charge is 0.407 e. The molecule has 5 fully saturated rings. The molecule has 0 bridgehead atoms. The number of aliphatic hydroxyl groups is 1. The fourth-order valence-electron chi connectivity index (χ4n) is 14.5. The van der Waals surface area contributed by atoms with Gasteiger partial charge in [-0.2, -0.15) is 0 Å². The molecule has 13 amide bonds. The van der Waals surface area contributed by atoms with Crippen LogP contribution in [0.25, 0.3) is 0 Å². The minimum Gasteiger partial charge on any atom is -0.449 e. The molecule has 4 aliphatic heterocycles. The number of carbonyl (C=O) groups excluding carboxylic acids is 13. The van der Waals surface area contributed by atoms with Crippen LogP contribution in [0.4, 0.5) is 4.79 Å². The van der Waals surface area contributed by atoms with Crippen LogP contribution in [0.3, 0.4) is 0 Å². The lowest BCUT2D eigenvalue weighted by atomic mass is 10.0. The standard InChI is InChI=1S/C71H109N19O15S2/c1-5-7-18-47(60(94)74-32-29-42-16-9-8-10-17-42)80-67(101)56-21-14-33-88(56)59(93)36-77-61(95)48(19-11-12-30-76-71(104)105-38-45-43-23-25-46-55(27-24-44(43)45)90(6-2)87-86-46)79-65(99)53-39-106-107-40-54(66(100)82-51(35-41(3)4)63(97)83-52(37-91)64(98)84-53)85-68(102)57-22-15-34-89(57)69(103)50(20-13-31-75-70(72)73)81-62(96)49-26-28-58(92)78-49/h8-10,16-17,41,43-45,47-54,56-57,91H,5-7,11-15,18-40H2,1-4H3,(H,74,94)(H,76,104)(H,77,95)(H,78,92)(H,79,99)(H,80,101)(H,81,96)(H,82,100)(H,83,97)(H,84,98)(H,85,102)(H4,72,73,75)/t43-,44+,45-,47-,48+,49+,50+,51+,52+,53+,54+,56+,57+/m1/s1. The van der Waals surface area contributed by atoms with Gasteiger partial charge in [-0.1, -0.05) is 90.7 Å². The van der Waals surface area contributed by atoms with E-state index in [1.54, 1.807) is 13.8 Å². The van der Waals surface area contributed by atoms with Gasteiger partial charge >= 0.3 is 6.09 Å². The molecular weight excluding hydrogens is 1420 g/mol. The van der Waals surface area contributed by atoms with Crippen molar-refractivity contribution in [1.29, 1.82) is 5.41 Å². The molecule has 34 nitrogen and oxygen atoms in total. The lowest BCUT2D eigenvalue weighted by molar-refractivity contribution is -0.142. The van der Waals surface area contributed by atoms with Gasteiger partial charge in [-0.05, 0) is 145 Å². The zero-order valence-electron chi connectivity index (χ0n) is 61.7. The first kappa shape index (κ1) is 83.8. The summed E-state index contributed by atoms with van der Waals surface area (Å²) in [6.07, 6.45) is 7.71. The van der Waals surface area contributed by atoms with Crippen molar-refractivity contribution in [2.45, 2.75) is 223 Å². The van der Waals surface area contributed by atoms with Gasteiger partial charge in [0.15, 0.2) is 5.96 Å². The number of rotatable bonds is 34. The Hall–Kier alpha value is -8.80. The predicted molar refractivity (Wildman–Crippen MR) is 396 cm³/mol. The Balaban J connectivity index is 0.939. The molecule has 6 aliphatic rings. The number of aliphatic hydroxyl groups excluding tert-OH is 1. The van der Waals surface area contributed by atoms with Crippen LogP contribution < -0.4 is 69.5 Å². The summed E-state index contributed by atoms with van der Waals surface area (Å²) >= 11 is 0. The van der Waals surface area contributed by atoms with Crippen LogP contribution in [0.1, 0.15) is 154 Å². The second kappa shape index (κ2) is 42.1. The zero-order chi connectivity index (χ0) is 77.1. The van der Waals surface area contributed by atoms with Gasteiger partial charge in [0.2, 0.25) is 70.9 Å². The Morgan fingerprint density at radius 2 is 1.30 bits per heavy atom. The fraction of sp³-hybridized carbons (Fsp3) is 0.690. The van der Waals surface area contributed by atoms with E-state index < -0.39 is 139 Å². The highest BCUT2D eigenvalue weighted by Crippen LogP contribution is 2.53. The third-order valence-corrected chi connectivity index (χ3v) is 22.9. The average molecular weight is 1530 g/mol. The molecular formula is C71H109N19O15S2. The first-order valence-electron chi connectivity index (χ1n) is 37.8. The molecule has 8 rings (SSSR count). The lowest BCUT2D eigenvalue weighted by Crippen LogP contribution is -2.61. The maximum Gasteiger partial charge on any atom is 0.407 e. The third-order valence-electron chi connectivity index (χ3n) is 20.4. The normalized spacial score (nSPS) is 23.9. The van der Waals surface area contributed by atoms with Crippen LogP contribution >= 0.6 is 21.6 Å². The van der Waals surface area contributed by atoms with Crippen molar-refractivity contribution in [3.05, 3.63) is 47.3 Å². The summed E-state index contributed by atoms with van der Waals surface area (Å²) in [5, 5.41) is 59.4. The Kier molecular flexibility index (Phi) is 33.0. The second-order valence-corrected chi connectivity index (χ2v) is 31.2. The number of aryl methyl sites for hydroxylation is 2. The molecule has 4 saturated heterocycles. The van der Waals surface area contributed by atoms with Gasteiger partial charge in [0.1, 0.15) is 60.4 Å². The van der Waals surface area contributed by atoms with E-state index in [2.05, 4.69) is 74.1 Å². The van der Waals surface area contributed by atoms with Crippen molar-refractivity contribution >= 4 is 105 Å². The molecule has 36 heteroatoms. The second-order valence-electron chi connectivity index (χ2n) is 28.7. The van der Waals surface area contributed by atoms with Crippen LogP contribution in [-0.2, 0) is 88.1 Å². The predicted octanol–water partition coefficient (Wildman–Crippen LogP) is -1.05. The number of nitrogens with zero attached hydrogens (tertiary/aromatic N) is 5. The Morgan fingerprint density at radius 1 is 0.664 bits per heavy atom. The number of aromatic nitrogens is 3. The number of amides is 13. The molecule has 1 aromatic heterocycles. The largest absolute Gasteiger partial charge is 0.449 e. The number of likely N-dealkylation sites (tertiary alicyclic amines) is 2. The van der Waals surface area contributed by atoms with E-state index >= 15 is 0 Å². The van der Waals surface area contributed by atoms with Gasteiger partial charge in [0.05, 0.1) is 31.1 Å². The lowest BCUT2D eigenvalue weighted by Gasteiger charge is -2.31. The van der Waals surface area contributed by atoms with Crippen molar-refractivity contribution in [2.75, 3.05) is 64.0 Å². The zero-order valence-corrected chi connectivity index (χ0v) is 63.3. The highest BCUT2D eigenvalue weighted by molar-refractivity contribution is 8.76. The maximum absolute atomic E-state index is 14.8. The first-order valence-corrected chi connectivity index (χ1v) is 40.3. The number of guanidine groups is 1. The maximum atomic E-state index is 14.8. The number of benzene rings is 1. The van der Waals surface area contributed by atoms with Crippen LogP contribution in [0, 0.1) is 29.1 Å². The van der Waals surface area contributed by atoms with Crippen molar-refractivity contribution in [2.24, 2.45) is 29.4 Å². The van der Waals surface area contributed by atoms with Crippen LogP contribution in [-0.4, -0.2) is 237 Å². The number of hydrogen-bond acceptors (Lipinski definition) is 20. The monoisotopic (exact) mass is 1530 g/mol. The number of alkyl carbamates (subject to hydrolysis) is 1. The highest BCUT2D eigenvalue weighted by atomic mass is 33.1. The number of unbranched alkanes of at least 4 members (excludes halogenated alkanes) is 2. The molecule has 0 unspecified atom stereocenters. The Morgan fingerprint density at radius 3 is 1.99 bits per heavy atom. The quantitative estimate of drug-likeness (QED) is 0.0172. The molecule has 0 spiro atoms. The molecule has 16 N–H and O–H groups in total. The van der Waals surface area contributed by atoms with Gasteiger partial charge < -0.3 is 89.2 Å². The molecule has 5 heterocycles. The average Bonchev–Trinajstić information content (AvgIpc) is 1.65. The summed E-state index contributed by atoms with van der Waals surface area (Å²) < 4.78 is 7.65. The van der Waals surface area contributed by atoms with Crippen molar-refractivity contribution in [3.63, 3.8) is 0 Å². The number of carbonyl (C=O) groups is 13. The number of ether oxygens (including phenoxy) is 1. The minimum atomic E-state index is -1.67. The van der Waals surface area contributed by atoms with Crippen molar-refractivity contribution in [3.8, 4) is 0 Å². The molecule has 13 atom stereocenters. The molecule has 590 valence electrons. The van der Waals surface area contributed by atoms with Crippen molar-refractivity contribution < 1.29 is 72.2 Å². The summed E-state index contributed by atoms with van der Waals surface area (Å²) in [5.41, 5.74) is 8.69. The summed E-state index contributed by atoms with van der Waals surface area (Å²) in [6, 6.07) is -2.66. The summed E-state index contributed by atoms with van der Waals surface area (Å²) in [4.78, 5) is 184. The molecule has 1 saturated carbocycles. The van der Waals surface area contributed by atoms with Crippen LogP contribution in [0.2, 0.25) is 0 Å². The molecule has 0 radical (unpaired) electrons. The van der Waals surface area contributed by atoms with E-state index in [-0.39, 0.29) is 125 Å². The number of nitrogens with two attached hydrogens (primary N) is 1. The number of fused-ring (bicyclic) bond motifs is 2. The summed E-state index contributed by atoms with van der Waals surface area (Å²) in [7, 11) is 2.01. The molecule has 107 heavy (non-hydrogen) atoms. The van der Waals surface area contributed by atoms with E-state index in [1.165, 1.54) is 9.80 Å². The van der Waals surface area contributed by atoms with E-state index in [0.717, 1.165) is 77.2 Å². The van der Waals surface area contributed by atoms with Gasteiger partial charge in [-0.15, -0.1) is 5.10 Å². The molecule has 2 aromatic rings. The van der Waals surface area contributed by atoms with Crippen LogP contribution in [0.5, 0.6) is 0 Å². The van der Waals surface area contributed by atoms with Gasteiger partial charge in [0.25, 0.3) is 0 Å². The Bertz CT molecular complexity index is 3440. The summed E-state index contributed by atoms with van der Waals surface area (Å²) in [6.45, 7) is 7.94. The van der Waals surface area contributed by atoms with Crippen LogP contribution in [0.15, 0.2) is 30.3 Å². The Labute approximate surface area is 631 Å². The topological polar surface area (TPSA) is 483 Å². The SMILES string of the molecule is CCCC[C@@H](NC(=O)[C@@H]1CCCN1C(=O)CNC(=O)[C@H](CCCCNC(=O)OC[C@@H]1[C@@H]2CCc3nnn(CC)c3CC[C@@H]21)NC(=O)[C@@H]1CSSC[C@H](NC(=O)[C@@H]2CCCN2C(=O)[C@H](CCCNC(=N)N)NC(=O)[C@@H]2CCC(=O)N2)C(=O)N[C@@H](CC(C)C)C(=O)N[C@@H](CO)C(=O)N1)C(=O)NCCc1ccccc1. The number of nitrogens with one attached hydrogen (secondary N) is 13. The van der Waals surface area contributed by atoms with E-state index in [0.29, 0.717) is 63.3 Å². The first-order chi connectivity index (χ1) is 51.5. The minimum absolute atomic E-state index is 0.0306. The van der Waals surface area contributed by atoms with Gasteiger partial charge in [0, 0.05) is 57.2 Å². The summed E-state index contributed by atoms with van der Waals surface area (Å²) in [5.74, 6) is -8.07. The van der Waals surface area contributed by atoms with Crippen molar-refractivity contribution in [1.82, 2.24) is 88.6 Å². The fourth-order valence-corrected chi connectivity index (χ4v) is 16.8. The van der Waals surface area contributed by atoms with Gasteiger partial charge in [-0.25, -0.2) is 9.48 Å².